The molecule has 6 unspecified atom stereocenters. The van der Waals surface area contributed by atoms with Crippen molar-refractivity contribution in [2.45, 2.75) is 52.7 Å². The van der Waals surface area contributed by atoms with E-state index in [1.54, 1.807) is 0 Å². The van der Waals surface area contributed by atoms with E-state index >= 15 is 0 Å². The molecule has 24 heteroatoms. The molecule has 0 spiro atoms. The van der Waals surface area contributed by atoms with Gasteiger partial charge >= 0.3 is 51.8 Å². The van der Waals surface area contributed by atoms with Gasteiger partial charge in [0.25, 0.3) is 0 Å². The van der Waals surface area contributed by atoms with Crippen molar-refractivity contribution in [1.82, 2.24) is 0 Å². The zero-order valence-corrected chi connectivity index (χ0v) is 31.3. The Morgan fingerprint density at radius 1 is 0.706 bits per heavy atom. The maximum atomic E-state index is 12.7. The highest BCUT2D eigenvalue weighted by molar-refractivity contribution is 7.47. The van der Waals surface area contributed by atoms with E-state index in [4.69, 9.17) is 33.7 Å². The second kappa shape index (κ2) is 23.5. The van der Waals surface area contributed by atoms with Gasteiger partial charge in [-0.1, -0.05) is 13.8 Å². The number of nitrogens with zero attached hydrogens (tertiary/aromatic N) is 1. The fourth-order valence-electron chi connectivity index (χ4n) is 3.30. The van der Waals surface area contributed by atoms with Gasteiger partial charge in [-0.15, -0.1) is 0 Å². The number of esters is 4. The van der Waals surface area contributed by atoms with Crippen LogP contribution in [0.1, 0.15) is 40.5 Å². The van der Waals surface area contributed by atoms with Crippen LogP contribution in [0.3, 0.4) is 0 Å². The van der Waals surface area contributed by atoms with E-state index < -0.39 is 102 Å². The van der Waals surface area contributed by atoms with Crippen molar-refractivity contribution in [2.75, 3.05) is 73.9 Å². The summed E-state index contributed by atoms with van der Waals surface area (Å²) in [5.74, 6) is -6.21. The Labute approximate surface area is 294 Å². The average molecular weight is 784 g/mol. The minimum atomic E-state index is -4.62. The van der Waals surface area contributed by atoms with Gasteiger partial charge in [0.15, 0.2) is 12.2 Å². The van der Waals surface area contributed by atoms with E-state index in [1.807, 2.05) is 21.1 Å². The van der Waals surface area contributed by atoms with Gasteiger partial charge in [0.05, 0.1) is 52.8 Å². The molecule has 22 nitrogen and oxygen atoms in total. The summed E-state index contributed by atoms with van der Waals surface area (Å²) in [6.07, 6.45) is -6.49. The Bertz CT molecular complexity index is 1260. The number of phosphoric ester groups is 2. The van der Waals surface area contributed by atoms with E-state index in [0.29, 0.717) is 11.0 Å². The van der Waals surface area contributed by atoms with Gasteiger partial charge in [-0.3, -0.25) is 37.3 Å². The molecule has 0 saturated heterocycles. The standard InChI is InChI=1S/C27H48N2O20P2/c1-8-21(25(33)49-27(35)47-23(15-41-20(4)31)16-44-50(36,37)42-11-9-28)13-18(2)24(32)48-26(34)46-22(14-40-19(3)30)17-45-51(38,39)43-12-10-29(5,6)7/h18,21-23H,8-17,28H2,1-7H3,(H-,36,37,38,39)/p+1. The molecule has 0 aromatic rings. The number of phosphoric acid groups is 2. The minimum absolute atomic E-state index is 0.0280. The Morgan fingerprint density at radius 3 is 1.53 bits per heavy atom. The monoisotopic (exact) mass is 783 g/mol. The molecule has 0 bridgehead atoms. The molecule has 0 amide bonds. The second-order valence-corrected chi connectivity index (χ2v) is 14.6. The van der Waals surface area contributed by atoms with Crippen LogP contribution < -0.4 is 5.73 Å². The number of quaternary nitrogens is 1. The average Bonchev–Trinajstić information content (AvgIpc) is 3.00. The SMILES string of the molecule is CCC(CC(C)C(=O)OC(=O)OC(COC(C)=O)COP(=O)(O)OCC[N+](C)(C)C)C(=O)OC(=O)OC(COC(C)=O)COP(=O)(O)OCCN. The molecule has 0 aromatic heterocycles. The number of rotatable bonds is 24. The lowest BCUT2D eigenvalue weighted by Gasteiger charge is -2.24. The van der Waals surface area contributed by atoms with Gasteiger partial charge in [-0.05, 0) is 12.8 Å². The maximum absolute atomic E-state index is 12.7. The predicted molar refractivity (Wildman–Crippen MR) is 169 cm³/mol. The Hall–Kier alpha value is -3.04. The molecule has 0 aliphatic heterocycles. The zero-order valence-electron chi connectivity index (χ0n) is 29.5. The Balaban J connectivity index is 5.22. The first-order chi connectivity index (χ1) is 23.5. The van der Waals surface area contributed by atoms with Crippen LogP contribution in [0.4, 0.5) is 9.59 Å². The molecular formula is C27H49N2O20P2+. The smallest absolute Gasteiger partial charge is 0.462 e. The molecule has 0 aliphatic carbocycles. The van der Waals surface area contributed by atoms with Crippen molar-refractivity contribution in [2.24, 2.45) is 17.6 Å². The number of likely N-dealkylation sites (N-methyl/N-ethyl adjacent to an activating group) is 1. The molecule has 0 radical (unpaired) electrons. The minimum Gasteiger partial charge on any atom is -0.462 e. The third-order valence-corrected chi connectivity index (χ3v) is 7.91. The van der Waals surface area contributed by atoms with E-state index in [1.165, 1.54) is 13.8 Å². The molecule has 4 N–H and O–H groups in total. The number of carbonyl (C=O) groups is 6. The molecule has 6 atom stereocenters. The predicted octanol–water partition coefficient (Wildman–Crippen LogP) is 1.19. The number of hydrogen-bond acceptors (Lipinski definition) is 19. The van der Waals surface area contributed by atoms with Crippen molar-refractivity contribution in [3.05, 3.63) is 0 Å². The normalized spacial score (nSPS) is 16.2. The quantitative estimate of drug-likeness (QED) is 0.0407. The molecule has 0 aliphatic rings. The summed E-state index contributed by atoms with van der Waals surface area (Å²) in [6.45, 7) is 1.76. The van der Waals surface area contributed by atoms with Crippen LogP contribution in [0.5, 0.6) is 0 Å². The van der Waals surface area contributed by atoms with E-state index in [2.05, 4.69) is 18.5 Å². The van der Waals surface area contributed by atoms with E-state index in [0.717, 1.165) is 13.8 Å². The van der Waals surface area contributed by atoms with Gasteiger partial charge < -0.3 is 48.4 Å². The lowest BCUT2D eigenvalue weighted by atomic mass is 9.94. The van der Waals surface area contributed by atoms with Crippen LogP contribution in [-0.2, 0) is 74.8 Å². The molecule has 296 valence electrons. The maximum Gasteiger partial charge on any atom is 0.516 e. The van der Waals surface area contributed by atoms with Crippen LogP contribution in [0.25, 0.3) is 0 Å². The highest BCUT2D eigenvalue weighted by Crippen LogP contribution is 2.44. The zero-order chi connectivity index (χ0) is 39.4. The van der Waals surface area contributed by atoms with E-state index in [9.17, 15) is 47.7 Å². The van der Waals surface area contributed by atoms with Crippen molar-refractivity contribution in [3.8, 4) is 0 Å². The molecule has 0 heterocycles. The number of carbonyl (C=O) groups excluding carboxylic acids is 6. The second-order valence-electron chi connectivity index (χ2n) is 11.7. The summed E-state index contributed by atoms with van der Waals surface area (Å²) >= 11 is 0. The fourth-order valence-corrected chi connectivity index (χ4v) is 4.81. The Morgan fingerprint density at radius 2 is 1.14 bits per heavy atom. The summed E-state index contributed by atoms with van der Waals surface area (Å²) in [7, 11) is -3.78. The van der Waals surface area contributed by atoms with Gasteiger partial charge in [0, 0.05) is 20.4 Å². The molecular weight excluding hydrogens is 734 g/mol. The highest BCUT2D eigenvalue weighted by Gasteiger charge is 2.32. The van der Waals surface area contributed by atoms with Gasteiger partial charge in [-0.25, -0.2) is 18.7 Å². The van der Waals surface area contributed by atoms with E-state index in [-0.39, 0.29) is 32.6 Å². The lowest BCUT2D eigenvalue weighted by molar-refractivity contribution is -0.870. The number of ether oxygens (including phenoxy) is 6. The molecule has 0 fully saturated rings. The first-order valence-electron chi connectivity index (χ1n) is 15.3. The topological polar surface area (TPSA) is 295 Å². The largest absolute Gasteiger partial charge is 0.516 e. The Kier molecular flexibility index (Phi) is 22.1. The summed E-state index contributed by atoms with van der Waals surface area (Å²) < 4.78 is 72.0. The van der Waals surface area contributed by atoms with Gasteiger partial charge in [0.2, 0.25) is 0 Å². The lowest BCUT2D eigenvalue weighted by Crippen LogP contribution is -2.37. The van der Waals surface area contributed by atoms with Crippen molar-refractivity contribution in [3.63, 3.8) is 0 Å². The van der Waals surface area contributed by atoms with Crippen molar-refractivity contribution >= 4 is 51.8 Å². The summed E-state index contributed by atoms with van der Waals surface area (Å²) in [4.78, 5) is 91.9. The van der Waals surface area contributed by atoms with Gasteiger partial charge in [0.1, 0.15) is 26.4 Å². The summed E-state index contributed by atoms with van der Waals surface area (Å²) in [6, 6.07) is 0. The first-order valence-corrected chi connectivity index (χ1v) is 18.3. The van der Waals surface area contributed by atoms with Crippen LogP contribution >= 0.6 is 15.6 Å². The van der Waals surface area contributed by atoms with Crippen molar-refractivity contribution in [1.29, 1.82) is 0 Å². The highest BCUT2D eigenvalue weighted by atomic mass is 31.2. The van der Waals surface area contributed by atoms with Crippen LogP contribution in [0, 0.1) is 11.8 Å². The number of nitrogens with two attached hydrogens (primary N) is 1. The summed E-state index contributed by atoms with van der Waals surface area (Å²) in [5.41, 5.74) is 5.20. The van der Waals surface area contributed by atoms with Crippen molar-refractivity contribution < 1.29 is 98.7 Å². The molecule has 0 rings (SSSR count). The van der Waals surface area contributed by atoms with Gasteiger partial charge in [-0.2, -0.15) is 0 Å². The third kappa shape index (κ3) is 24.7. The molecule has 0 aromatic carbocycles. The van der Waals surface area contributed by atoms with Crippen LogP contribution in [0.15, 0.2) is 0 Å². The first kappa shape index (κ1) is 48.0. The van der Waals surface area contributed by atoms with Crippen LogP contribution in [-0.4, -0.2) is 137 Å². The molecule has 0 saturated carbocycles. The fraction of sp³-hybridized carbons (Fsp3) is 0.778. The van der Waals surface area contributed by atoms with Crippen LogP contribution in [0.2, 0.25) is 0 Å². The third-order valence-electron chi connectivity index (χ3n) is 5.94. The summed E-state index contributed by atoms with van der Waals surface area (Å²) in [5, 5.41) is 0. The molecule has 51 heavy (non-hydrogen) atoms. The number of hydrogen-bond donors (Lipinski definition) is 3.